The molecule has 0 fully saturated rings. The first-order valence-electron chi connectivity index (χ1n) is 4.66. The van der Waals surface area contributed by atoms with Gasteiger partial charge in [0, 0.05) is 10.6 Å². The summed E-state index contributed by atoms with van der Waals surface area (Å²) < 4.78 is 9.98. The standard InChI is InChI=1S/C9H19OS/c1-2-3-4-5-6-7-8-9-11-10/h2-9H2,1H3/q+1. The molecule has 0 aliphatic heterocycles. The Balaban J connectivity index is 2.74. The van der Waals surface area contributed by atoms with E-state index in [1.807, 2.05) is 0 Å². The number of unbranched alkanes of at least 4 members (excludes halogenated alkanes) is 6. The van der Waals surface area contributed by atoms with Gasteiger partial charge in [-0.3, -0.25) is 0 Å². The molecule has 0 amide bonds. The first-order chi connectivity index (χ1) is 5.41. The maximum atomic E-state index is 9.98. The number of hydrogen-bond donors (Lipinski definition) is 0. The molecule has 0 aliphatic rings. The second kappa shape index (κ2) is 10.0. The number of rotatable bonds is 8. The summed E-state index contributed by atoms with van der Waals surface area (Å²) in [5.74, 6) is 0.799. The van der Waals surface area contributed by atoms with E-state index in [4.69, 9.17) is 0 Å². The summed E-state index contributed by atoms with van der Waals surface area (Å²) in [6.45, 7) is 2.23. The lowest BCUT2D eigenvalue weighted by molar-refractivity contribution is 0.591. The topological polar surface area (TPSA) is 17.1 Å². The van der Waals surface area contributed by atoms with Crippen molar-refractivity contribution in [2.24, 2.45) is 0 Å². The molecular weight excluding hydrogens is 156 g/mol. The van der Waals surface area contributed by atoms with Crippen LogP contribution in [0.15, 0.2) is 0 Å². The summed E-state index contributed by atoms with van der Waals surface area (Å²) >= 11 is 0.720. The van der Waals surface area contributed by atoms with E-state index in [-0.39, 0.29) is 0 Å². The van der Waals surface area contributed by atoms with Gasteiger partial charge in [-0.15, -0.1) is 0 Å². The zero-order valence-corrected chi connectivity index (χ0v) is 8.29. The fourth-order valence-electron chi connectivity index (χ4n) is 1.12. The first-order valence-corrected chi connectivity index (χ1v) is 5.57. The molecule has 0 radical (unpaired) electrons. The minimum Gasteiger partial charge on any atom is -0.0654 e. The van der Waals surface area contributed by atoms with Crippen LogP contribution in [0.5, 0.6) is 0 Å². The lowest BCUT2D eigenvalue weighted by Gasteiger charge is -1.95. The van der Waals surface area contributed by atoms with E-state index in [9.17, 15) is 4.21 Å². The van der Waals surface area contributed by atoms with Crippen molar-refractivity contribution in [1.29, 1.82) is 0 Å². The van der Waals surface area contributed by atoms with Crippen molar-refractivity contribution in [1.82, 2.24) is 0 Å². The fourth-order valence-corrected chi connectivity index (χ4v) is 1.44. The molecule has 0 saturated carbocycles. The first kappa shape index (κ1) is 11.0. The van der Waals surface area contributed by atoms with Gasteiger partial charge in [-0.05, 0) is 6.42 Å². The molecule has 0 spiro atoms. The van der Waals surface area contributed by atoms with Crippen LogP contribution in [0.3, 0.4) is 0 Å². The Kier molecular flexibility index (Phi) is 10.0. The molecule has 66 valence electrons. The van der Waals surface area contributed by atoms with Crippen molar-refractivity contribution in [2.45, 2.75) is 51.9 Å². The van der Waals surface area contributed by atoms with Crippen LogP contribution in [-0.4, -0.2) is 5.75 Å². The van der Waals surface area contributed by atoms with Crippen molar-refractivity contribution in [2.75, 3.05) is 5.75 Å². The predicted octanol–water partition coefficient (Wildman–Crippen LogP) is 3.17. The molecule has 0 rings (SSSR count). The van der Waals surface area contributed by atoms with E-state index in [0.29, 0.717) is 0 Å². The van der Waals surface area contributed by atoms with Gasteiger partial charge in [0.25, 0.3) is 0 Å². The summed E-state index contributed by atoms with van der Waals surface area (Å²) in [4.78, 5) is 0. The summed E-state index contributed by atoms with van der Waals surface area (Å²) in [6, 6.07) is 0. The molecule has 0 aromatic carbocycles. The van der Waals surface area contributed by atoms with Gasteiger partial charge >= 0.3 is 11.7 Å². The summed E-state index contributed by atoms with van der Waals surface area (Å²) in [7, 11) is 0. The second-order valence-electron chi connectivity index (χ2n) is 2.94. The van der Waals surface area contributed by atoms with E-state index >= 15 is 0 Å². The minimum absolute atomic E-state index is 0.720. The highest BCUT2D eigenvalue weighted by atomic mass is 32.1. The van der Waals surface area contributed by atoms with Crippen LogP contribution in [0.2, 0.25) is 0 Å². The molecule has 0 atom stereocenters. The Morgan fingerprint density at radius 2 is 1.45 bits per heavy atom. The van der Waals surface area contributed by atoms with E-state index in [1.165, 1.54) is 38.5 Å². The highest BCUT2D eigenvalue weighted by molar-refractivity contribution is 7.65. The maximum Gasteiger partial charge on any atom is 0.458 e. The van der Waals surface area contributed by atoms with Gasteiger partial charge in [-0.25, -0.2) is 0 Å². The van der Waals surface area contributed by atoms with E-state index in [1.54, 1.807) is 0 Å². The van der Waals surface area contributed by atoms with Gasteiger partial charge in [0.1, 0.15) is 0 Å². The lowest BCUT2D eigenvalue weighted by atomic mass is 10.1. The SMILES string of the molecule is CCCCCCCCC[S+]=O. The van der Waals surface area contributed by atoms with E-state index in [2.05, 4.69) is 6.92 Å². The molecule has 0 aliphatic carbocycles. The molecule has 0 unspecified atom stereocenters. The molecular formula is C9H19OS+. The van der Waals surface area contributed by atoms with Crippen molar-refractivity contribution < 1.29 is 4.21 Å². The van der Waals surface area contributed by atoms with Crippen molar-refractivity contribution in [3.63, 3.8) is 0 Å². The quantitative estimate of drug-likeness (QED) is 0.409. The third kappa shape index (κ3) is 10.0. The van der Waals surface area contributed by atoms with Crippen molar-refractivity contribution >= 4 is 11.7 Å². The molecule has 0 aromatic heterocycles. The highest BCUT2D eigenvalue weighted by Crippen LogP contribution is 2.06. The van der Waals surface area contributed by atoms with Gasteiger partial charge in [0.05, 0.1) is 0 Å². The molecule has 11 heavy (non-hydrogen) atoms. The summed E-state index contributed by atoms with van der Waals surface area (Å²) in [6.07, 6.45) is 9.10. The highest BCUT2D eigenvalue weighted by Gasteiger charge is 1.96. The van der Waals surface area contributed by atoms with Crippen LogP contribution in [0, 0.1) is 0 Å². The van der Waals surface area contributed by atoms with Crippen LogP contribution in [-0.2, 0) is 15.9 Å². The largest absolute Gasteiger partial charge is 0.458 e. The van der Waals surface area contributed by atoms with Crippen molar-refractivity contribution in [3.05, 3.63) is 0 Å². The average molecular weight is 175 g/mol. The Morgan fingerprint density at radius 1 is 0.909 bits per heavy atom. The van der Waals surface area contributed by atoms with Crippen LogP contribution in [0.25, 0.3) is 0 Å². The van der Waals surface area contributed by atoms with E-state index in [0.717, 1.165) is 23.8 Å². The fraction of sp³-hybridized carbons (Fsp3) is 1.00. The van der Waals surface area contributed by atoms with Crippen LogP contribution in [0.4, 0.5) is 0 Å². The molecule has 0 saturated heterocycles. The van der Waals surface area contributed by atoms with Crippen molar-refractivity contribution in [3.8, 4) is 0 Å². The second-order valence-corrected chi connectivity index (χ2v) is 3.59. The Bertz CT molecular complexity index is 83.6. The zero-order valence-electron chi connectivity index (χ0n) is 7.47. The monoisotopic (exact) mass is 175 g/mol. The summed E-state index contributed by atoms with van der Waals surface area (Å²) in [5, 5.41) is 0. The van der Waals surface area contributed by atoms with Crippen LogP contribution >= 0.6 is 0 Å². The molecule has 2 heteroatoms. The Hall–Kier alpha value is 0.0200. The van der Waals surface area contributed by atoms with Gasteiger partial charge in [-0.2, -0.15) is 0 Å². The van der Waals surface area contributed by atoms with E-state index < -0.39 is 0 Å². The summed E-state index contributed by atoms with van der Waals surface area (Å²) in [5.41, 5.74) is 0. The Labute approximate surface area is 74.1 Å². The smallest absolute Gasteiger partial charge is 0.0654 e. The minimum atomic E-state index is 0.720. The molecule has 0 bridgehead atoms. The van der Waals surface area contributed by atoms with Gasteiger partial charge < -0.3 is 0 Å². The van der Waals surface area contributed by atoms with Gasteiger partial charge in [-0.1, -0.05) is 39.0 Å². The zero-order chi connectivity index (χ0) is 8.36. The third-order valence-electron chi connectivity index (χ3n) is 1.83. The molecule has 0 aromatic rings. The normalized spacial score (nSPS) is 9.91. The molecule has 1 nitrogen and oxygen atoms in total. The number of hydrogen-bond acceptors (Lipinski definition) is 1. The van der Waals surface area contributed by atoms with Gasteiger partial charge in [0.2, 0.25) is 5.75 Å². The Morgan fingerprint density at radius 3 is 2.00 bits per heavy atom. The van der Waals surface area contributed by atoms with Crippen LogP contribution < -0.4 is 0 Å². The molecule has 0 heterocycles. The average Bonchev–Trinajstić information content (AvgIpc) is 2.03. The lowest BCUT2D eigenvalue weighted by Crippen LogP contribution is -1.83. The predicted molar refractivity (Wildman–Crippen MR) is 50.9 cm³/mol. The maximum absolute atomic E-state index is 9.98. The van der Waals surface area contributed by atoms with Crippen LogP contribution in [0.1, 0.15) is 51.9 Å². The molecule has 0 N–H and O–H groups in total. The third-order valence-corrected chi connectivity index (χ3v) is 2.29. The van der Waals surface area contributed by atoms with Gasteiger partial charge in [0.15, 0.2) is 0 Å².